The molecule has 3 aromatic heterocycles. The Morgan fingerprint density at radius 1 is 0.516 bits per heavy atom. The van der Waals surface area contributed by atoms with Gasteiger partial charge in [-0.1, -0.05) is 71.8 Å². The molecular weight excluding hydrogens is 777 g/mol. The van der Waals surface area contributed by atoms with Crippen LogP contribution in [0.3, 0.4) is 0 Å². The summed E-state index contributed by atoms with van der Waals surface area (Å²) in [5, 5.41) is 15.2. The second kappa shape index (κ2) is 20.5. The molecule has 3 heterocycles. The number of rotatable bonds is 12. The molecule has 0 aliphatic carbocycles. The van der Waals surface area contributed by atoms with E-state index in [-0.39, 0.29) is 23.3 Å². The number of nitrogens with one attached hydrogen (secondary N) is 2. The number of amides is 3. The number of hydrogen-bond acceptors (Lipinski definition) is 7. The van der Waals surface area contributed by atoms with Crippen LogP contribution in [-0.4, -0.2) is 55.7 Å². The molecule has 7 aromatic rings. The van der Waals surface area contributed by atoms with E-state index in [9.17, 15) is 24.3 Å². The van der Waals surface area contributed by atoms with Crippen molar-refractivity contribution in [2.75, 3.05) is 7.05 Å². The largest absolute Gasteiger partial charge is 0.478 e. The van der Waals surface area contributed by atoms with Crippen molar-refractivity contribution >= 4 is 23.7 Å². The third kappa shape index (κ3) is 12.1. The molecule has 0 spiro atoms. The van der Waals surface area contributed by atoms with Gasteiger partial charge in [0, 0.05) is 79.5 Å². The fraction of sp³-hybridized carbons (Fsp3) is 0.157. The molecule has 0 aliphatic heterocycles. The standard InChI is InChI=1S/C29H28N4O2.C22H20N2O3/c1-20-4-8-24(9-5-20)25-14-26(28(34)32-18-23-7-6-21(2)31-17-23)16-27(15-25)29(35)33(3)19-22-10-12-30-13-11-22;1-14-3-7-17(8-4-14)18-9-19(11-20(10-18)22(26)27)21(25)24-13-16-6-5-15(2)23-12-16/h4-17H,18-19H2,1-3H3,(H,32,34);3-12H,13H2,1-2H3,(H,24,25)(H,26,27). The number of aromatic carboxylic acids is 1. The summed E-state index contributed by atoms with van der Waals surface area (Å²) < 4.78 is 0. The molecule has 0 fully saturated rings. The topological polar surface area (TPSA) is 154 Å². The van der Waals surface area contributed by atoms with Crippen LogP contribution in [0.4, 0.5) is 0 Å². The van der Waals surface area contributed by atoms with Crippen molar-refractivity contribution in [3.05, 3.63) is 208 Å². The molecular formula is C51H48N6O5. The molecule has 0 aliphatic rings. The van der Waals surface area contributed by atoms with Crippen LogP contribution in [0.15, 0.2) is 146 Å². The summed E-state index contributed by atoms with van der Waals surface area (Å²) >= 11 is 0. The van der Waals surface area contributed by atoms with Gasteiger partial charge in [0.05, 0.1) is 5.56 Å². The Hall–Kier alpha value is -7.79. The maximum atomic E-state index is 13.3. The lowest BCUT2D eigenvalue weighted by atomic mass is 9.98. The minimum absolute atomic E-state index is 0.0789. The van der Waals surface area contributed by atoms with Gasteiger partial charge < -0.3 is 20.6 Å². The van der Waals surface area contributed by atoms with Gasteiger partial charge in [-0.15, -0.1) is 0 Å². The number of nitrogens with zero attached hydrogens (tertiary/aromatic N) is 4. The number of pyridine rings is 3. The Balaban J connectivity index is 0.000000214. The number of benzene rings is 4. The molecule has 0 bridgehead atoms. The highest BCUT2D eigenvalue weighted by Crippen LogP contribution is 2.26. The lowest BCUT2D eigenvalue weighted by Gasteiger charge is -2.19. The highest BCUT2D eigenvalue weighted by molar-refractivity contribution is 6.02. The van der Waals surface area contributed by atoms with E-state index in [1.165, 1.54) is 6.07 Å². The van der Waals surface area contributed by atoms with E-state index in [1.54, 1.807) is 54.9 Å². The first-order chi connectivity index (χ1) is 29.8. The second-order valence-corrected chi connectivity index (χ2v) is 15.1. The van der Waals surface area contributed by atoms with Crippen LogP contribution < -0.4 is 10.6 Å². The van der Waals surface area contributed by atoms with Crippen LogP contribution in [0.1, 0.15) is 80.6 Å². The van der Waals surface area contributed by atoms with Crippen molar-refractivity contribution < 1.29 is 24.3 Å². The SMILES string of the molecule is Cc1ccc(-c2cc(C(=O)NCc3ccc(C)nc3)cc(C(=O)N(C)Cc3ccncc3)c2)cc1.Cc1ccc(-c2cc(C(=O)O)cc(C(=O)NCc3ccc(C)nc3)c2)cc1. The zero-order chi connectivity index (χ0) is 44.2. The Kier molecular flexibility index (Phi) is 14.4. The smallest absolute Gasteiger partial charge is 0.335 e. The fourth-order valence-electron chi connectivity index (χ4n) is 6.42. The lowest BCUT2D eigenvalue weighted by Crippen LogP contribution is -2.27. The Morgan fingerprint density at radius 3 is 1.39 bits per heavy atom. The van der Waals surface area contributed by atoms with Crippen molar-refractivity contribution in [3.8, 4) is 22.3 Å². The summed E-state index contributed by atoms with van der Waals surface area (Å²) in [6.45, 7) is 8.94. The molecule has 3 N–H and O–H groups in total. The first-order valence-corrected chi connectivity index (χ1v) is 20.0. The van der Waals surface area contributed by atoms with Crippen molar-refractivity contribution in [3.63, 3.8) is 0 Å². The highest BCUT2D eigenvalue weighted by atomic mass is 16.4. The monoisotopic (exact) mass is 824 g/mol. The molecule has 11 nitrogen and oxygen atoms in total. The van der Waals surface area contributed by atoms with Crippen LogP contribution >= 0.6 is 0 Å². The number of carboxylic acid groups (broad SMARTS) is 1. The normalized spacial score (nSPS) is 10.5. The summed E-state index contributed by atoms with van der Waals surface area (Å²) in [4.78, 5) is 64.6. The van der Waals surface area contributed by atoms with Gasteiger partial charge in [-0.05, 0) is 127 Å². The fourth-order valence-corrected chi connectivity index (χ4v) is 6.42. The summed E-state index contributed by atoms with van der Waals surface area (Å²) in [6.07, 6.45) is 6.87. The van der Waals surface area contributed by atoms with Gasteiger partial charge >= 0.3 is 5.97 Å². The van der Waals surface area contributed by atoms with E-state index < -0.39 is 5.97 Å². The lowest BCUT2D eigenvalue weighted by molar-refractivity contribution is 0.0695. The van der Waals surface area contributed by atoms with E-state index in [2.05, 4.69) is 25.6 Å². The number of hydrogen-bond donors (Lipinski definition) is 3. The van der Waals surface area contributed by atoms with Gasteiger partial charge in [0.15, 0.2) is 0 Å². The number of carbonyl (C=O) groups is 4. The summed E-state index contributed by atoms with van der Waals surface area (Å²) in [5.41, 5.74) is 11.4. The molecule has 0 atom stereocenters. The van der Waals surface area contributed by atoms with Gasteiger partial charge in [0.1, 0.15) is 0 Å². The highest BCUT2D eigenvalue weighted by Gasteiger charge is 2.18. The zero-order valence-electron chi connectivity index (χ0n) is 35.3. The predicted octanol–water partition coefficient (Wildman–Crippen LogP) is 8.96. The third-order valence-corrected chi connectivity index (χ3v) is 10.0. The van der Waals surface area contributed by atoms with Crippen LogP contribution in [0, 0.1) is 27.7 Å². The first-order valence-electron chi connectivity index (χ1n) is 20.0. The number of carbonyl (C=O) groups excluding carboxylic acids is 3. The predicted molar refractivity (Wildman–Crippen MR) is 241 cm³/mol. The van der Waals surface area contributed by atoms with Gasteiger partial charge in [0.2, 0.25) is 0 Å². The molecule has 0 unspecified atom stereocenters. The molecule has 11 heteroatoms. The van der Waals surface area contributed by atoms with Crippen LogP contribution in [0.25, 0.3) is 22.3 Å². The Labute approximate surface area is 361 Å². The van der Waals surface area contributed by atoms with Gasteiger partial charge in [-0.25, -0.2) is 4.79 Å². The van der Waals surface area contributed by atoms with E-state index >= 15 is 0 Å². The van der Waals surface area contributed by atoms with Gasteiger partial charge in [-0.3, -0.25) is 29.3 Å². The maximum absolute atomic E-state index is 13.3. The molecule has 4 aromatic carbocycles. The summed E-state index contributed by atoms with van der Waals surface area (Å²) in [5.74, 6) is -1.80. The second-order valence-electron chi connectivity index (χ2n) is 15.1. The van der Waals surface area contributed by atoms with Crippen LogP contribution in [0.2, 0.25) is 0 Å². The first kappa shape index (κ1) is 43.8. The Bertz CT molecular complexity index is 2670. The molecule has 312 valence electrons. The molecule has 7 rings (SSSR count). The van der Waals surface area contributed by atoms with Crippen LogP contribution in [0.5, 0.6) is 0 Å². The van der Waals surface area contributed by atoms with Crippen molar-refractivity contribution in [1.82, 2.24) is 30.5 Å². The quantitative estimate of drug-likeness (QED) is 0.110. The third-order valence-electron chi connectivity index (χ3n) is 10.0. The number of aromatic nitrogens is 3. The van der Waals surface area contributed by atoms with Crippen molar-refractivity contribution in [2.24, 2.45) is 0 Å². The van der Waals surface area contributed by atoms with Crippen LogP contribution in [-0.2, 0) is 19.6 Å². The molecule has 0 radical (unpaired) electrons. The average molecular weight is 825 g/mol. The number of aryl methyl sites for hydroxylation is 4. The Morgan fingerprint density at radius 2 is 0.952 bits per heavy atom. The molecule has 0 saturated carbocycles. The number of carboxylic acids is 1. The van der Waals surface area contributed by atoms with Crippen molar-refractivity contribution in [2.45, 2.75) is 47.3 Å². The van der Waals surface area contributed by atoms with E-state index in [1.807, 2.05) is 125 Å². The van der Waals surface area contributed by atoms with E-state index in [0.29, 0.717) is 41.9 Å². The van der Waals surface area contributed by atoms with E-state index in [4.69, 9.17) is 0 Å². The van der Waals surface area contributed by atoms with Crippen molar-refractivity contribution in [1.29, 1.82) is 0 Å². The van der Waals surface area contributed by atoms with Gasteiger partial charge in [0.25, 0.3) is 17.7 Å². The van der Waals surface area contributed by atoms with Gasteiger partial charge in [-0.2, -0.15) is 0 Å². The maximum Gasteiger partial charge on any atom is 0.335 e. The summed E-state index contributed by atoms with van der Waals surface area (Å²) in [6, 6.07) is 37.2. The molecule has 3 amide bonds. The van der Waals surface area contributed by atoms with E-state index in [0.717, 1.165) is 55.9 Å². The zero-order valence-corrected chi connectivity index (χ0v) is 35.3. The summed E-state index contributed by atoms with van der Waals surface area (Å²) in [7, 11) is 1.76. The molecule has 62 heavy (non-hydrogen) atoms. The average Bonchev–Trinajstić information content (AvgIpc) is 3.28. The minimum atomic E-state index is -1.07. The molecule has 0 saturated heterocycles. The minimum Gasteiger partial charge on any atom is -0.478 e.